The Hall–Kier alpha value is -3.75. The van der Waals surface area contributed by atoms with Crippen LogP contribution in [-0.4, -0.2) is 40.6 Å². The van der Waals surface area contributed by atoms with Crippen molar-refractivity contribution in [1.82, 2.24) is 25.8 Å². The normalized spacial score (nSPS) is 11.7. The number of hydrogen-bond acceptors (Lipinski definition) is 7. The second-order valence-corrected chi connectivity index (χ2v) is 6.90. The third-order valence-corrected chi connectivity index (χ3v) is 4.37. The van der Waals surface area contributed by atoms with Crippen molar-refractivity contribution in [3.8, 4) is 17.1 Å². The number of pyridine rings is 1. The zero-order chi connectivity index (χ0) is 21.5. The Labute approximate surface area is 173 Å². The van der Waals surface area contributed by atoms with E-state index < -0.39 is 6.04 Å². The fourth-order valence-corrected chi connectivity index (χ4v) is 2.72. The highest BCUT2D eigenvalue weighted by atomic mass is 16.5. The molecular weight excluding hydrogens is 386 g/mol. The topological polar surface area (TPSA) is 119 Å². The molecule has 156 valence electrons. The summed E-state index contributed by atoms with van der Waals surface area (Å²) in [6.07, 6.45) is 3.29. The Morgan fingerprint density at radius 2 is 1.93 bits per heavy atom. The molecule has 2 N–H and O–H groups in total. The standard InChI is InChI=1S/C21H23N5O4/c1-13(2)18(21-25-19(26-30-21)15-5-4-10-22-11-15)24-17(27)12-23-20(28)14-6-8-16(29-3)9-7-14/h4-11,13,18H,12H2,1-3H3,(H,23,28)(H,24,27). The molecule has 0 bridgehead atoms. The fourth-order valence-electron chi connectivity index (χ4n) is 2.72. The summed E-state index contributed by atoms with van der Waals surface area (Å²) < 4.78 is 10.4. The summed E-state index contributed by atoms with van der Waals surface area (Å²) in [5.41, 5.74) is 1.15. The van der Waals surface area contributed by atoms with Crippen LogP contribution in [-0.2, 0) is 4.79 Å². The molecule has 1 unspecified atom stereocenters. The van der Waals surface area contributed by atoms with Gasteiger partial charge in [-0.3, -0.25) is 14.6 Å². The molecule has 0 aliphatic carbocycles. The Morgan fingerprint density at radius 1 is 1.17 bits per heavy atom. The smallest absolute Gasteiger partial charge is 0.251 e. The van der Waals surface area contributed by atoms with E-state index in [9.17, 15) is 9.59 Å². The average Bonchev–Trinajstić information content (AvgIpc) is 3.26. The van der Waals surface area contributed by atoms with Crippen LogP contribution in [0.3, 0.4) is 0 Å². The lowest BCUT2D eigenvalue weighted by Gasteiger charge is -2.18. The van der Waals surface area contributed by atoms with Crippen molar-refractivity contribution in [3.05, 3.63) is 60.2 Å². The summed E-state index contributed by atoms with van der Waals surface area (Å²) in [5.74, 6) is 0.606. The average molecular weight is 409 g/mol. The molecule has 3 rings (SSSR count). The molecule has 0 spiro atoms. The lowest BCUT2D eigenvalue weighted by molar-refractivity contribution is -0.121. The quantitative estimate of drug-likeness (QED) is 0.586. The summed E-state index contributed by atoms with van der Waals surface area (Å²) in [6.45, 7) is 3.67. The van der Waals surface area contributed by atoms with Gasteiger partial charge in [0.05, 0.1) is 13.7 Å². The molecule has 30 heavy (non-hydrogen) atoms. The third-order valence-electron chi connectivity index (χ3n) is 4.37. The summed E-state index contributed by atoms with van der Waals surface area (Å²) >= 11 is 0. The second-order valence-electron chi connectivity index (χ2n) is 6.90. The van der Waals surface area contributed by atoms with Gasteiger partial charge in [0.2, 0.25) is 17.6 Å². The molecule has 2 heterocycles. The van der Waals surface area contributed by atoms with Crippen molar-refractivity contribution in [2.75, 3.05) is 13.7 Å². The van der Waals surface area contributed by atoms with Crippen LogP contribution in [0.1, 0.15) is 36.1 Å². The van der Waals surface area contributed by atoms with Crippen LogP contribution in [0.25, 0.3) is 11.4 Å². The number of benzene rings is 1. The number of ether oxygens (including phenoxy) is 1. The number of nitrogens with one attached hydrogen (secondary N) is 2. The maximum atomic E-state index is 12.4. The van der Waals surface area contributed by atoms with Gasteiger partial charge in [0.25, 0.3) is 5.91 Å². The summed E-state index contributed by atoms with van der Waals surface area (Å²) in [4.78, 5) is 33.0. The number of carbonyl (C=O) groups is 2. The summed E-state index contributed by atoms with van der Waals surface area (Å²) in [6, 6.07) is 9.72. The van der Waals surface area contributed by atoms with Crippen molar-refractivity contribution >= 4 is 11.8 Å². The first-order valence-electron chi connectivity index (χ1n) is 9.43. The third kappa shape index (κ3) is 5.19. The first-order chi connectivity index (χ1) is 14.5. The van der Waals surface area contributed by atoms with Gasteiger partial charge >= 0.3 is 0 Å². The van der Waals surface area contributed by atoms with Crippen molar-refractivity contribution in [2.24, 2.45) is 5.92 Å². The van der Waals surface area contributed by atoms with E-state index in [2.05, 4.69) is 25.8 Å². The van der Waals surface area contributed by atoms with Crippen LogP contribution in [0.2, 0.25) is 0 Å². The molecule has 0 saturated heterocycles. The number of hydrogen-bond donors (Lipinski definition) is 2. The zero-order valence-electron chi connectivity index (χ0n) is 17.0. The van der Waals surface area contributed by atoms with E-state index in [4.69, 9.17) is 9.26 Å². The SMILES string of the molecule is COc1ccc(C(=O)NCC(=O)NC(c2nc(-c3cccnc3)no2)C(C)C)cc1. The van der Waals surface area contributed by atoms with E-state index >= 15 is 0 Å². The highest BCUT2D eigenvalue weighted by molar-refractivity contribution is 5.96. The van der Waals surface area contributed by atoms with Crippen LogP contribution >= 0.6 is 0 Å². The van der Waals surface area contributed by atoms with Gasteiger partial charge in [-0.15, -0.1) is 0 Å². The van der Waals surface area contributed by atoms with Gasteiger partial charge in [0.15, 0.2) is 0 Å². The molecule has 1 aromatic carbocycles. The van der Waals surface area contributed by atoms with Gasteiger partial charge in [-0.1, -0.05) is 19.0 Å². The molecule has 2 amide bonds. The molecule has 0 aliphatic heterocycles. The van der Waals surface area contributed by atoms with Crippen LogP contribution in [0.5, 0.6) is 5.75 Å². The minimum atomic E-state index is -0.492. The molecule has 9 nitrogen and oxygen atoms in total. The minimum absolute atomic E-state index is 0.00608. The van der Waals surface area contributed by atoms with E-state index in [1.807, 2.05) is 19.9 Å². The van der Waals surface area contributed by atoms with Gasteiger partial charge in [0, 0.05) is 23.5 Å². The van der Waals surface area contributed by atoms with E-state index in [-0.39, 0.29) is 24.3 Å². The fraction of sp³-hybridized carbons (Fsp3) is 0.286. The number of nitrogens with zero attached hydrogens (tertiary/aromatic N) is 3. The van der Waals surface area contributed by atoms with Crippen molar-refractivity contribution in [1.29, 1.82) is 0 Å². The van der Waals surface area contributed by atoms with E-state index in [1.54, 1.807) is 49.8 Å². The van der Waals surface area contributed by atoms with Crippen LogP contribution in [0.15, 0.2) is 53.3 Å². The van der Waals surface area contributed by atoms with E-state index in [0.29, 0.717) is 28.6 Å². The number of amides is 2. The number of carbonyl (C=O) groups excluding carboxylic acids is 2. The minimum Gasteiger partial charge on any atom is -0.497 e. The monoisotopic (exact) mass is 409 g/mol. The van der Waals surface area contributed by atoms with Crippen LogP contribution in [0, 0.1) is 5.92 Å². The Kier molecular flexibility index (Phi) is 6.74. The van der Waals surface area contributed by atoms with Gasteiger partial charge in [-0.2, -0.15) is 4.98 Å². The predicted molar refractivity (Wildman–Crippen MR) is 109 cm³/mol. The highest BCUT2D eigenvalue weighted by Crippen LogP contribution is 2.23. The number of methoxy groups -OCH3 is 1. The zero-order valence-corrected chi connectivity index (χ0v) is 17.0. The second kappa shape index (κ2) is 9.64. The lowest BCUT2D eigenvalue weighted by Crippen LogP contribution is -2.40. The van der Waals surface area contributed by atoms with E-state index in [0.717, 1.165) is 0 Å². The molecule has 0 aliphatic rings. The molecule has 0 fully saturated rings. The first kappa shape index (κ1) is 21.0. The van der Waals surface area contributed by atoms with Gasteiger partial charge in [0.1, 0.15) is 11.8 Å². The molecule has 3 aromatic rings. The summed E-state index contributed by atoms with van der Waals surface area (Å²) in [5, 5.41) is 9.40. The van der Waals surface area contributed by atoms with Crippen LogP contribution in [0.4, 0.5) is 0 Å². The first-order valence-corrected chi connectivity index (χ1v) is 9.43. The number of aromatic nitrogens is 3. The Bertz CT molecular complexity index is 986. The largest absolute Gasteiger partial charge is 0.497 e. The van der Waals surface area contributed by atoms with E-state index in [1.165, 1.54) is 0 Å². The van der Waals surface area contributed by atoms with Gasteiger partial charge in [-0.25, -0.2) is 0 Å². The molecule has 9 heteroatoms. The summed E-state index contributed by atoms with van der Waals surface area (Å²) in [7, 11) is 1.55. The highest BCUT2D eigenvalue weighted by Gasteiger charge is 2.25. The molecule has 1 atom stereocenters. The van der Waals surface area contributed by atoms with Gasteiger partial charge < -0.3 is 19.9 Å². The maximum absolute atomic E-state index is 12.4. The molecule has 0 radical (unpaired) electrons. The van der Waals surface area contributed by atoms with Crippen LogP contribution < -0.4 is 15.4 Å². The molecule has 2 aromatic heterocycles. The van der Waals surface area contributed by atoms with Crippen molar-refractivity contribution in [3.63, 3.8) is 0 Å². The molecular formula is C21H23N5O4. The van der Waals surface area contributed by atoms with Crippen molar-refractivity contribution < 1.29 is 18.8 Å². The predicted octanol–water partition coefficient (Wildman–Crippen LogP) is 2.38. The Morgan fingerprint density at radius 3 is 2.57 bits per heavy atom. The Balaban J connectivity index is 1.60. The maximum Gasteiger partial charge on any atom is 0.251 e. The molecule has 0 saturated carbocycles. The van der Waals surface area contributed by atoms with Crippen molar-refractivity contribution in [2.45, 2.75) is 19.9 Å². The lowest BCUT2D eigenvalue weighted by atomic mass is 10.0. The van der Waals surface area contributed by atoms with Gasteiger partial charge in [-0.05, 0) is 42.3 Å². The number of rotatable bonds is 8.